The lowest BCUT2D eigenvalue weighted by atomic mass is 10.2. The van der Waals surface area contributed by atoms with Crippen LogP contribution in [0.25, 0.3) is 0 Å². The van der Waals surface area contributed by atoms with Crippen molar-refractivity contribution in [2.75, 3.05) is 16.6 Å². The summed E-state index contributed by atoms with van der Waals surface area (Å²) in [6.45, 7) is 1.74. The van der Waals surface area contributed by atoms with Crippen LogP contribution < -0.4 is 14.8 Å². The molecule has 3 aromatic rings. The van der Waals surface area contributed by atoms with Crippen LogP contribution in [0.5, 0.6) is 5.75 Å². The van der Waals surface area contributed by atoms with Crippen LogP contribution >= 0.6 is 0 Å². The van der Waals surface area contributed by atoms with Crippen LogP contribution in [-0.4, -0.2) is 20.9 Å². The molecule has 0 saturated heterocycles. The molecule has 0 aromatic heterocycles. The molecule has 1 amide bonds. The fraction of sp³-hybridized carbons (Fsp3) is 0.0952. The van der Waals surface area contributed by atoms with Gasteiger partial charge in [0.05, 0.1) is 4.90 Å². The van der Waals surface area contributed by atoms with Gasteiger partial charge >= 0.3 is 0 Å². The number of amides is 1. The van der Waals surface area contributed by atoms with Gasteiger partial charge in [0.25, 0.3) is 15.9 Å². The third-order valence-corrected chi connectivity index (χ3v) is 5.33. The first-order chi connectivity index (χ1) is 13.8. The summed E-state index contributed by atoms with van der Waals surface area (Å²) in [5.74, 6) is -0.436. The van der Waals surface area contributed by atoms with E-state index in [-0.39, 0.29) is 23.1 Å². The molecule has 29 heavy (non-hydrogen) atoms. The monoisotopic (exact) mass is 414 g/mol. The standard InChI is InChI=1S/C21H19FN2O4S/c1-15-2-6-17(7-3-15)23-21(25)14-28-19-10-12-20(13-11-19)29(26,27)24-18-8-4-16(22)5-9-18/h2-13,24H,14H2,1H3,(H,23,25). The van der Waals surface area contributed by atoms with Crippen LogP contribution in [0.15, 0.2) is 77.7 Å². The van der Waals surface area contributed by atoms with Crippen molar-refractivity contribution in [1.29, 1.82) is 0 Å². The number of carbonyl (C=O) groups excluding carboxylic acids is 1. The highest BCUT2D eigenvalue weighted by Gasteiger charge is 2.14. The van der Waals surface area contributed by atoms with Crippen LogP contribution in [0.3, 0.4) is 0 Å². The van der Waals surface area contributed by atoms with E-state index in [1.54, 1.807) is 12.1 Å². The Morgan fingerprint density at radius 3 is 2.10 bits per heavy atom. The van der Waals surface area contributed by atoms with E-state index in [4.69, 9.17) is 4.74 Å². The SMILES string of the molecule is Cc1ccc(NC(=O)COc2ccc(S(=O)(=O)Nc3ccc(F)cc3)cc2)cc1. The molecule has 0 aliphatic rings. The number of hydrogen-bond donors (Lipinski definition) is 2. The molecule has 8 heteroatoms. The molecular formula is C21H19FN2O4S. The van der Waals surface area contributed by atoms with Crippen molar-refractivity contribution in [1.82, 2.24) is 0 Å². The van der Waals surface area contributed by atoms with Crippen LogP contribution in [0, 0.1) is 12.7 Å². The third-order valence-electron chi connectivity index (χ3n) is 3.94. The number of rotatable bonds is 7. The van der Waals surface area contributed by atoms with E-state index in [1.807, 2.05) is 19.1 Å². The van der Waals surface area contributed by atoms with Crippen molar-refractivity contribution in [2.24, 2.45) is 0 Å². The third kappa shape index (κ3) is 5.79. The maximum absolute atomic E-state index is 12.9. The summed E-state index contributed by atoms with van der Waals surface area (Å²) in [6, 6.07) is 18.0. The lowest BCUT2D eigenvalue weighted by Gasteiger charge is -2.10. The molecule has 0 radical (unpaired) electrons. The summed E-state index contributed by atoms with van der Waals surface area (Å²) >= 11 is 0. The minimum absolute atomic E-state index is 0.0123. The number of carbonyl (C=O) groups is 1. The van der Waals surface area contributed by atoms with Crippen LogP contribution in [0.2, 0.25) is 0 Å². The molecule has 3 aromatic carbocycles. The number of hydrogen-bond acceptors (Lipinski definition) is 4. The molecule has 0 aliphatic carbocycles. The lowest BCUT2D eigenvalue weighted by Crippen LogP contribution is -2.20. The molecule has 3 rings (SSSR count). The maximum atomic E-state index is 12.9. The Kier molecular flexibility index (Phi) is 6.13. The fourth-order valence-corrected chi connectivity index (χ4v) is 3.49. The van der Waals surface area contributed by atoms with Gasteiger partial charge in [0.1, 0.15) is 11.6 Å². The van der Waals surface area contributed by atoms with Crippen molar-refractivity contribution in [3.63, 3.8) is 0 Å². The normalized spacial score (nSPS) is 11.0. The van der Waals surface area contributed by atoms with Gasteiger partial charge in [0, 0.05) is 11.4 Å². The lowest BCUT2D eigenvalue weighted by molar-refractivity contribution is -0.118. The molecule has 2 N–H and O–H groups in total. The van der Waals surface area contributed by atoms with Crippen LogP contribution in [0.4, 0.5) is 15.8 Å². The summed E-state index contributed by atoms with van der Waals surface area (Å²) < 4.78 is 45.5. The Morgan fingerprint density at radius 1 is 0.897 bits per heavy atom. The smallest absolute Gasteiger partial charge is 0.262 e. The summed E-state index contributed by atoms with van der Waals surface area (Å²) in [5, 5.41) is 2.71. The quantitative estimate of drug-likeness (QED) is 0.613. The summed E-state index contributed by atoms with van der Waals surface area (Å²) in [5.41, 5.74) is 2.00. The average Bonchev–Trinajstić information content (AvgIpc) is 2.70. The summed E-state index contributed by atoms with van der Waals surface area (Å²) in [7, 11) is -3.83. The molecule has 0 fully saturated rings. The highest BCUT2D eigenvalue weighted by atomic mass is 32.2. The number of sulfonamides is 1. The predicted octanol–water partition coefficient (Wildman–Crippen LogP) is 3.95. The Labute approximate surface area is 168 Å². The molecule has 0 heterocycles. The number of halogens is 1. The van der Waals surface area contributed by atoms with E-state index in [2.05, 4.69) is 10.0 Å². The van der Waals surface area contributed by atoms with Crippen molar-refractivity contribution >= 4 is 27.3 Å². The Morgan fingerprint density at radius 2 is 1.48 bits per heavy atom. The molecule has 0 unspecified atom stereocenters. The van der Waals surface area contributed by atoms with E-state index >= 15 is 0 Å². The summed E-state index contributed by atoms with van der Waals surface area (Å²) in [4.78, 5) is 12.0. The van der Waals surface area contributed by atoms with Gasteiger partial charge in [-0.3, -0.25) is 9.52 Å². The van der Waals surface area contributed by atoms with Gasteiger partial charge in [-0.05, 0) is 67.6 Å². The number of ether oxygens (including phenoxy) is 1. The van der Waals surface area contributed by atoms with E-state index in [9.17, 15) is 17.6 Å². The summed E-state index contributed by atoms with van der Waals surface area (Å²) in [6.07, 6.45) is 0. The van der Waals surface area contributed by atoms with Crippen molar-refractivity contribution in [3.05, 3.63) is 84.2 Å². The second-order valence-corrected chi connectivity index (χ2v) is 7.97. The fourth-order valence-electron chi connectivity index (χ4n) is 2.43. The number of anilines is 2. The Bertz CT molecular complexity index is 1080. The number of aryl methyl sites for hydroxylation is 1. The van der Waals surface area contributed by atoms with E-state index in [0.717, 1.165) is 17.7 Å². The zero-order valence-corrected chi connectivity index (χ0v) is 16.4. The molecule has 0 bridgehead atoms. The van der Waals surface area contributed by atoms with E-state index in [0.29, 0.717) is 11.4 Å². The van der Waals surface area contributed by atoms with Crippen LogP contribution in [0.1, 0.15) is 5.56 Å². The van der Waals surface area contributed by atoms with Gasteiger partial charge in [-0.15, -0.1) is 0 Å². The maximum Gasteiger partial charge on any atom is 0.262 e. The van der Waals surface area contributed by atoms with Gasteiger partial charge in [0.2, 0.25) is 0 Å². The van der Waals surface area contributed by atoms with Crippen molar-refractivity contribution < 1.29 is 22.3 Å². The van der Waals surface area contributed by atoms with E-state index in [1.165, 1.54) is 36.4 Å². The molecule has 0 aliphatic heterocycles. The second kappa shape index (κ2) is 8.74. The Hall–Kier alpha value is -3.39. The second-order valence-electron chi connectivity index (χ2n) is 6.29. The molecular weight excluding hydrogens is 395 g/mol. The zero-order chi connectivity index (χ0) is 20.9. The van der Waals surface area contributed by atoms with Crippen LogP contribution in [-0.2, 0) is 14.8 Å². The molecule has 150 valence electrons. The van der Waals surface area contributed by atoms with Crippen molar-refractivity contribution in [2.45, 2.75) is 11.8 Å². The largest absolute Gasteiger partial charge is 0.484 e. The first-order valence-corrected chi connectivity index (χ1v) is 10.2. The van der Waals surface area contributed by atoms with Gasteiger partial charge in [-0.2, -0.15) is 0 Å². The topological polar surface area (TPSA) is 84.5 Å². The highest BCUT2D eigenvalue weighted by molar-refractivity contribution is 7.92. The first-order valence-electron chi connectivity index (χ1n) is 8.70. The molecule has 0 spiro atoms. The number of benzene rings is 3. The molecule has 0 atom stereocenters. The Balaban J connectivity index is 1.57. The van der Waals surface area contributed by atoms with Crippen molar-refractivity contribution in [3.8, 4) is 5.75 Å². The molecule has 6 nitrogen and oxygen atoms in total. The van der Waals surface area contributed by atoms with Gasteiger partial charge in [-0.1, -0.05) is 17.7 Å². The van der Waals surface area contributed by atoms with Gasteiger partial charge in [0.15, 0.2) is 6.61 Å². The number of nitrogens with one attached hydrogen (secondary N) is 2. The van der Waals surface area contributed by atoms with Gasteiger partial charge in [-0.25, -0.2) is 12.8 Å². The predicted molar refractivity (Wildman–Crippen MR) is 109 cm³/mol. The van der Waals surface area contributed by atoms with Gasteiger partial charge < -0.3 is 10.1 Å². The minimum Gasteiger partial charge on any atom is -0.484 e. The minimum atomic E-state index is -3.83. The van der Waals surface area contributed by atoms with E-state index < -0.39 is 15.8 Å². The first kappa shape index (κ1) is 20.3. The molecule has 0 saturated carbocycles. The zero-order valence-electron chi connectivity index (χ0n) is 15.6. The average molecular weight is 414 g/mol. The highest BCUT2D eigenvalue weighted by Crippen LogP contribution is 2.19.